The first-order chi connectivity index (χ1) is 10.3. The zero-order valence-electron chi connectivity index (χ0n) is 12.3. The third-order valence-electron chi connectivity index (χ3n) is 3.67. The normalized spacial score (nSPS) is 11.1. The standard InChI is InChI=1S/C17H20N4/c1-2-10-21-16-8-9-19-12-15(16)20-17(21)7-6-13-4-3-5-14(18)11-13/h3-5,8-9,11-12H,2,6-7,10,18H2,1H3. The third-order valence-corrected chi connectivity index (χ3v) is 3.67. The summed E-state index contributed by atoms with van der Waals surface area (Å²) in [7, 11) is 0. The van der Waals surface area contributed by atoms with Crippen LogP contribution in [0.4, 0.5) is 5.69 Å². The van der Waals surface area contributed by atoms with E-state index in [1.165, 1.54) is 11.1 Å². The van der Waals surface area contributed by atoms with E-state index < -0.39 is 0 Å². The molecule has 0 atom stereocenters. The van der Waals surface area contributed by atoms with E-state index in [2.05, 4.69) is 22.5 Å². The molecule has 3 aromatic rings. The van der Waals surface area contributed by atoms with Crippen LogP contribution in [0, 0.1) is 0 Å². The highest BCUT2D eigenvalue weighted by molar-refractivity contribution is 5.74. The van der Waals surface area contributed by atoms with Gasteiger partial charge >= 0.3 is 0 Å². The minimum atomic E-state index is 0.818. The number of anilines is 1. The van der Waals surface area contributed by atoms with E-state index in [0.29, 0.717) is 0 Å². The highest BCUT2D eigenvalue weighted by Gasteiger charge is 2.10. The van der Waals surface area contributed by atoms with E-state index in [0.717, 1.165) is 42.8 Å². The largest absolute Gasteiger partial charge is 0.399 e. The second-order valence-corrected chi connectivity index (χ2v) is 5.29. The number of nitrogens with zero attached hydrogens (tertiary/aromatic N) is 3. The van der Waals surface area contributed by atoms with Crippen molar-refractivity contribution < 1.29 is 0 Å². The summed E-state index contributed by atoms with van der Waals surface area (Å²) in [6.07, 6.45) is 6.63. The van der Waals surface area contributed by atoms with Crippen LogP contribution in [0.3, 0.4) is 0 Å². The van der Waals surface area contributed by atoms with Crippen molar-refractivity contribution in [2.45, 2.75) is 32.7 Å². The number of imidazole rings is 1. The summed E-state index contributed by atoms with van der Waals surface area (Å²) in [5.41, 5.74) is 10.1. The van der Waals surface area contributed by atoms with Gasteiger partial charge in [0.05, 0.1) is 11.7 Å². The Morgan fingerprint density at radius 2 is 2.10 bits per heavy atom. The van der Waals surface area contributed by atoms with Gasteiger partial charge in [-0.05, 0) is 36.6 Å². The third kappa shape index (κ3) is 2.89. The number of aryl methyl sites for hydroxylation is 3. The molecule has 0 saturated carbocycles. The van der Waals surface area contributed by atoms with Crippen molar-refractivity contribution in [3.8, 4) is 0 Å². The molecule has 4 heteroatoms. The average Bonchev–Trinajstić information content (AvgIpc) is 2.84. The van der Waals surface area contributed by atoms with E-state index >= 15 is 0 Å². The Kier molecular flexibility index (Phi) is 3.86. The predicted molar refractivity (Wildman–Crippen MR) is 86.1 cm³/mol. The Labute approximate surface area is 124 Å². The number of pyridine rings is 1. The molecular weight excluding hydrogens is 260 g/mol. The molecule has 0 aliphatic rings. The van der Waals surface area contributed by atoms with E-state index in [1.807, 2.05) is 36.7 Å². The number of nitrogen functional groups attached to an aromatic ring is 1. The van der Waals surface area contributed by atoms with Crippen LogP contribution < -0.4 is 5.73 Å². The first-order valence-electron chi connectivity index (χ1n) is 7.41. The van der Waals surface area contributed by atoms with Crippen molar-refractivity contribution in [2.75, 3.05) is 5.73 Å². The van der Waals surface area contributed by atoms with E-state index in [-0.39, 0.29) is 0 Å². The molecule has 0 aliphatic carbocycles. The Bertz CT molecular complexity index is 745. The summed E-state index contributed by atoms with van der Waals surface area (Å²) in [5, 5.41) is 0. The summed E-state index contributed by atoms with van der Waals surface area (Å²) < 4.78 is 2.31. The topological polar surface area (TPSA) is 56.7 Å². The SMILES string of the molecule is CCCn1c(CCc2cccc(N)c2)nc2cnccc21. The molecule has 2 aromatic heterocycles. The number of benzene rings is 1. The minimum Gasteiger partial charge on any atom is -0.399 e. The van der Waals surface area contributed by atoms with Crippen LogP contribution in [-0.2, 0) is 19.4 Å². The Balaban J connectivity index is 1.87. The molecule has 2 N–H and O–H groups in total. The van der Waals surface area contributed by atoms with Crippen molar-refractivity contribution in [2.24, 2.45) is 0 Å². The van der Waals surface area contributed by atoms with Crippen molar-refractivity contribution in [1.82, 2.24) is 14.5 Å². The van der Waals surface area contributed by atoms with Crippen molar-refractivity contribution in [1.29, 1.82) is 0 Å². The van der Waals surface area contributed by atoms with Crippen molar-refractivity contribution in [3.05, 3.63) is 54.1 Å². The first-order valence-corrected chi connectivity index (χ1v) is 7.41. The molecule has 0 saturated heterocycles. The Morgan fingerprint density at radius 3 is 2.90 bits per heavy atom. The molecule has 0 unspecified atom stereocenters. The van der Waals surface area contributed by atoms with Gasteiger partial charge in [0.25, 0.3) is 0 Å². The average molecular weight is 280 g/mol. The lowest BCUT2D eigenvalue weighted by atomic mass is 10.1. The zero-order chi connectivity index (χ0) is 14.7. The molecule has 0 fully saturated rings. The molecule has 0 bridgehead atoms. The van der Waals surface area contributed by atoms with Gasteiger partial charge < -0.3 is 10.3 Å². The van der Waals surface area contributed by atoms with Crippen LogP contribution in [0.15, 0.2) is 42.7 Å². The summed E-state index contributed by atoms with van der Waals surface area (Å²) in [5.74, 6) is 1.13. The maximum absolute atomic E-state index is 5.84. The van der Waals surface area contributed by atoms with Gasteiger partial charge in [-0.3, -0.25) is 4.98 Å². The lowest BCUT2D eigenvalue weighted by Gasteiger charge is -2.08. The van der Waals surface area contributed by atoms with Crippen LogP contribution in [0.1, 0.15) is 24.7 Å². The lowest BCUT2D eigenvalue weighted by Crippen LogP contribution is -2.05. The van der Waals surface area contributed by atoms with Crippen molar-refractivity contribution >= 4 is 16.7 Å². The molecule has 0 radical (unpaired) electrons. The van der Waals surface area contributed by atoms with Gasteiger partial charge in [-0.15, -0.1) is 0 Å². The van der Waals surface area contributed by atoms with Crippen LogP contribution in [0.25, 0.3) is 11.0 Å². The fourth-order valence-corrected chi connectivity index (χ4v) is 2.70. The van der Waals surface area contributed by atoms with Gasteiger partial charge in [0.15, 0.2) is 0 Å². The molecule has 0 spiro atoms. The second kappa shape index (κ2) is 5.95. The van der Waals surface area contributed by atoms with Gasteiger partial charge in [0.1, 0.15) is 11.3 Å². The number of aromatic nitrogens is 3. The van der Waals surface area contributed by atoms with E-state index in [9.17, 15) is 0 Å². The minimum absolute atomic E-state index is 0.818. The number of fused-ring (bicyclic) bond motifs is 1. The molecule has 1 aromatic carbocycles. The molecular formula is C17H20N4. The maximum Gasteiger partial charge on any atom is 0.110 e. The monoisotopic (exact) mass is 280 g/mol. The zero-order valence-corrected chi connectivity index (χ0v) is 12.3. The van der Waals surface area contributed by atoms with Crippen LogP contribution in [0.2, 0.25) is 0 Å². The quantitative estimate of drug-likeness (QED) is 0.730. The van der Waals surface area contributed by atoms with Gasteiger partial charge in [0, 0.05) is 24.8 Å². The smallest absolute Gasteiger partial charge is 0.110 e. The Hall–Kier alpha value is -2.36. The van der Waals surface area contributed by atoms with Crippen molar-refractivity contribution in [3.63, 3.8) is 0 Å². The van der Waals surface area contributed by atoms with Crippen LogP contribution >= 0.6 is 0 Å². The number of hydrogen-bond donors (Lipinski definition) is 1. The molecule has 21 heavy (non-hydrogen) atoms. The predicted octanol–water partition coefficient (Wildman–Crippen LogP) is 3.21. The van der Waals surface area contributed by atoms with Gasteiger partial charge in [0.2, 0.25) is 0 Å². The fraction of sp³-hybridized carbons (Fsp3) is 0.294. The Morgan fingerprint density at radius 1 is 1.19 bits per heavy atom. The number of rotatable bonds is 5. The van der Waals surface area contributed by atoms with Gasteiger partial charge in [-0.1, -0.05) is 19.1 Å². The van der Waals surface area contributed by atoms with E-state index in [1.54, 1.807) is 0 Å². The molecule has 0 aliphatic heterocycles. The first kappa shape index (κ1) is 13.6. The molecule has 0 amide bonds. The highest BCUT2D eigenvalue weighted by atomic mass is 15.1. The van der Waals surface area contributed by atoms with Gasteiger partial charge in [-0.25, -0.2) is 4.98 Å². The molecule has 3 rings (SSSR count). The summed E-state index contributed by atoms with van der Waals surface area (Å²) in [6.45, 7) is 3.18. The number of nitrogens with two attached hydrogens (primary N) is 1. The number of hydrogen-bond acceptors (Lipinski definition) is 3. The summed E-state index contributed by atoms with van der Waals surface area (Å²) >= 11 is 0. The van der Waals surface area contributed by atoms with Gasteiger partial charge in [-0.2, -0.15) is 0 Å². The van der Waals surface area contributed by atoms with Crippen LogP contribution in [0.5, 0.6) is 0 Å². The fourth-order valence-electron chi connectivity index (χ4n) is 2.70. The summed E-state index contributed by atoms with van der Waals surface area (Å²) in [6, 6.07) is 10.1. The molecule has 108 valence electrons. The summed E-state index contributed by atoms with van der Waals surface area (Å²) in [4.78, 5) is 8.90. The second-order valence-electron chi connectivity index (χ2n) is 5.29. The van der Waals surface area contributed by atoms with E-state index in [4.69, 9.17) is 10.7 Å². The van der Waals surface area contributed by atoms with Crippen LogP contribution in [-0.4, -0.2) is 14.5 Å². The molecule has 4 nitrogen and oxygen atoms in total. The highest BCUT2D eigenvalue weighted by Crippen LogP contribution is 2.17. The maximum atomic E-state index is 5.84. The molecule has 2 heterocycles. The lowest BCUT2D eigenvalue weighted by molar-refractivity contribution is 0.650.